The molecule has 0 radical (unpaired) electrons. The van der Waals surface area contributed by atoms with E-state index in [0.717, 1.165) is 12.8 Å². The molecule has 1 aromatic rings. The maximum atomic E-state index is 11.9. The van der Waals surface area contributed by atoms with Gasteiger partial charge in [0.2, 0.25) is 5.91 Å². The van der Waals surface area contributed by atoms with Crippen molar-refractivity contribution in [3.05, 3.63) is 33.7 Å². The molecule has 6 nitrogen and oxygen atoms in total. The van der Waals surface area contributed by atoms with E-state index in [1.54, 1.807) is 12.3 Å². The molecular formula is C12H17BrN4O2. The molecule has 19 heavy (non-hydrogen) atoms. The van der Waals surface area contributed by atoms with Gasteiger partial charge >= 0.3 is 0 Å². The van der Waals surface area contributed by atoms with E-state index in [4.69, 9.17) is 5.73 Å². The Labute approximate surface area is 119 Å². The number of hydrogen-bond acceptors (Lipinski definition) is 4. The molecule has 0 saturated carbocycles. The highest BCUT2D eigenvalue weighted by molar-refractivity contribution is 9.10. The maximum absolute atomic E-state index is 11.9. The molecule has 0 aromatic carbocycles. The van der Waals surface area contributed by atoms with Crippen LogP contribution in [-0.4, -0.2) is 22.2 Å². The normalized spacial score (nSPS) is 10.2. The van der Waals surface area contributed by atoms with Crippen LogP contribution in [0.2, 0.25) is 0 Å². The summed E-state index contributed by atoms with van der Waals surface area (Å²) in [6.07, 6.45) is 5.09. The SMILES string of the molecule is C=CCn1ncc(NCCCCC(N)=O)c(Br)c1=O. The molecule has 1 rings (SSSR count). The molecule has 0 aliphatic heterocycles. The number of amides is 1. The zero-order valence-corrected chi connectivity index (χ0v) is 12.1. The molecule has 0 aliphatic carbocycles. The van der Waals surface area contributed by atoms with E-state index >= 15 is 0 Å². The Hall–Kier alpha value is -1.63. The van der Waals surface area contributed by atoms with E-state index in [2.05, 4.69) is 32.9 Å². The Kier molecular flexibility index (Phi) is 6.27. The lowest BCUT2D eigenvalue weighted by Crippen LogP contribution is -2.24. The average molecular weight is 329 g/mol. The summed E-state index contributed by atoms with van der Waals surface area (Å²) in [4.78, 5) is 22.4. The minimum Gasteiger partial charge on any atom is -0.383 e. The summed E-state index contributed by atoms with van der Waals surface area (Å²) in [6.45, 7) is 4.59. The molecule has 0 atom stereocenters. The summed E-state index contributed by atoms with van der Waals surface area (Å²) in [7, 11) is 0. The van der Waals surface area contributed by atoms with Crippen LogP contribution in [0.15, 0.2) is 28.1 Å². The molecule has 1 heterocycles. The fraction of sp³-hybridized carbons (Fsp3) is 0.417. The molecule has 7 heteroatoms. The minimum atomic E-state index is -0.296. The molecule has 1 amide bonds. The van der Waals surface area contributed by atoms with Crippen molar-refractivity contribution in [2.75, 3.05) is 11.9 Å². The van der Waals surface area contributed by atoms with Crippen molar-refractivity contribution in [1.29, 1.82) is 0 Å². The van der Waals surface area contributed by atoms with Crippen molar-refractivity contribution >= 4 is 27.5 Å². The number of rotatable bonds is 8. The zero-order valence-electron chi connectivity index (χ0n) is 10.6. The topological polar surface area (TPSA) is 90.0 Å². The van der Waals surface area contributed by atoms with Crippen molar-refractivity contribution in [3.63, 3.8) is 0 Å². The minimum absolute atomic E-state index is 0.206. The van der Waals surface area contributed by atoms with Crippen LogP contribution in [0.25, 0.3) is 0 Å². The van der Waals surface area contributed by atoms with Crippen LogP contribution in [0, 0.1) is 0 Å². The molecule has 0 spiro atoms. The van der Waals surface area contributed by atoms with Gasteiger partial charge in [-0.3, -0.25) is 9.59 Å². The van der Waals surface area contributed by atoms with Crippen LogP contribution in [0.3, 0.4) is 0 Å². The molecule has 0 fully saturated rings. The first-order valence-corrected chi connectivity index (χ1v) is 6.74. The van der Waals surface area contributed by atoms with E-state index in [0.29, 0.717) is 29.7 Å². The highest BCUT2D eigenvalue weighted by Crippen LogP contribution is 2.16. The Morgan fingerprint density at radius 2 is 2.32 bits per heavy atom. The number of allylic oxidation sites excluding steroid dienone is 1. The van der Waals surface area contributed by atoms with Gasteiger partial charge in [-0.15, -0.1) is 6.58 Å². The zero-order chi connectivity index (χ0) is 14.3. The first-order valence-electron chi connectivity index (χ1n) is 5.95. The number of nitrogens with one attached hydrogen (secondary N) is 1. The highest BCUT2D eigenvalue weighted by atomic mass is 79.9. The van der Waals surface area contributed by atoms with Gasteiger partial charge in [0.25, 0.3) is 5.56 Å². The summed E-state index contributed by atoms with van der Waals surface area (Å²) in [6, 6.07) is 0. The predicted octanol–water partition coefficient (Wildman–Crippen LogP) is 1.26. The third-order valence-corrected chi connectivity index (χ3v) is 3.22. The highest BCUT2D eigenvalue weighted by Gasteiger charge is 2.07. The van der Waals surface area contributed by atoms with Crippen LogP contribution >= 0.6 is 15.9 Å². The van der Waals surface area contributed by atoms with E-state index in [9.17, 15) is 9.59 Å². The number of unbranched alkanes of at least 4 members (excludes halogenated alkanes) is 1. The van der Waals surface area contributed by atoms with Crippen molar-refractivity contribution in [2.24, 2.45) is 5.73 Å². The summed E-state index contributed by atoms with van der Waals surface area (Å²) in [5.41, 5.74) is 5.48. The fourth-order valence-corrected chi connectivity index (χ4v) is 1.94. The van der Waals surface area contributed by atoms with E-state index in [-0.39, 0.29) is 11.5 Å². The van der Waals surface area contributed by atoms with Crippen LogP contribution in [0.4, 0.5) is 5.69 Å². The van der Waals surface area contributed by atoms with Crippen LogP contribution in [0.5, 0.6) is 0 Å². The number of carbonyl (C=O) groups excluding carboxylic acids is 1. The summed E-state index contributed by atoms with van der Waals surface area (Å²) >= 11 is 3.25. The molecule has 0 bridgehead atoms. The van der Waals surface area contributed by atoms with E-state index in [1.165, 1.54) is 4.68 Å². The van der Waals surface area contributed by atoms with Gasteiger partial charge in [0, 0.05) is 13.0 Å². The monoisotopic (exact) mass is 328 g/mol. The van der Waals surface area contributed by atoms with Gasteiger partial charge in [-0.05, 0) is 28.8 Å². The second-order valence-corrected chi connectivity index (χ2v) is 4.79. The van der Waals surface area contributed by atoms with E-state index in [1.807, 2.05) is 0 Å². The van der Waals surface area contributed by atoms with Gasteiger partial charge in [0.05, 0.1) is 18.4 Å². The standard InChI is InChI=1S/C12H17BrN4O2/c1-2-7-17-12(19)11(13)9(8-16-17)15-6-4-3-5-10(14)18/h2,8,15H,1,3-7H2,(H2,14,18). The third kappa shape index (κ3) is 4.86. The third-order valence-electron chi connectivity index (χ3n) is 2.45. The van der Waals surface area contributed by atoms with Crippen LogP contribution < -0.4 is 16.6 Å². The lowest BCUT2D eigenvalue weighted by molar-refractivity contribution is -0.118. The van der Waals surface area contributed by atoms with Gasteiger partial charge in [0.15, 0.2) is 0 Å². The Morgan fingerprint density at radius 1 is 1.58 bits per heavy atom. The lowest BCUT2D eigenvalue weighted by Gasteiger charge is -2.09. The number of primary amides is 1. The number of nitrogens with zero attached hydrogens (tertiary/aromatic N) is 2. The van der Waals surface area contributed by atoms with Gasteiger partial charge in [-0.1, -0.05) is 6.08 Å². The van der Waals surface area contributed by atoms with Crippen molar-refractivity contribution in [2.45, 2.75) is 25.8 Å². The molecule has 104 valence electrons. The molecule has 0 aliphatic rings. The fourth-order valence-electron chi connectivity index (χ4n) is 1.49. The van der Waals surface area contributed by atoms with Gasteiger partial charge in [-0.25, -0.2) is 4.68 Å². The van der Waals surface area contributed by atoms with Gasteiger partial charge in [-0.2, -0.15) is 5.10 Å². The number of carbonyl (C=O) groups is 1. The summed E-state index contributed by atoms with van der Waals surface area (Å²) in [5, 5.41) is 7.12. The number of hydrogen-bond donors (Lipinski definition) is 2. The molecule has 1 aromatic heterocycles. The average Bonchev–Trinajstić information content (AvgIpc) is 2.37. The van der Waals surface area contributed by atoms with Crippen molar-refractivity contribution in [1.82, 2.24) is 9.78 Å². The van der Waals surface area contributed by atoms with Crippen LogP contribution in [-0.2, 0) is 11.3 Å². The maximum Gasteiger partial charge on any atom is 0.283 e. The summed E-state index contributed by atoms with van der Waals surface area (Å²) < 4.78 is 1.76. The smallest absolute Gasteiger partial charge is 0.283 e. The Morgan fingerprint density at radius 3 is 2.95 bits per heavy atom. The number of nitrogens with two attached hydrogens (primary N) is 1. The largest absolute Gasteiger partial charge is 0.383 e. The quantitative estimate of drug-likeness (QED) is 0.555. The summed E-state index contributed by atoms with van der Waals surface area (Å²) in [5.74, 6) is -0.296. The molecule has 0 saturated heterocycles. The van der Waals surface area contributed by atoms with E-state index < -0.39 is 0 Å². The molecular weight excluding hydrogens is 312 g/mol. The second kappa shape index (κ2) is 7.73. The predicted molar refractivity (Wildman–Crippen MR) is 77.9 cm³/mol. The molecule has 0 unspecified atom stereocenters. The lowest BCUT2D eigenvalue weighted by atomic mass is 10.2. The van der Waals surface area contributed by atoms with Crippen LogP contribution in [0.1, 0.15) is 19.3 Å². The number of anilines is 1. The molecule has 3 N–H and O–H groups in total. The second-order valence-electron chi connectivity index (χ2n) is 4.00. The van der Waals surface area contributed by atoms with Crippen molar-refractivity contribution in [3.8, 4) is 0 Å². The van der Waals surface area contributed by atoms with Gasteiger partial charge < -0.3 is 11.1 Å². The van der Waals surface area contributed by atoms with Gasteiger partial charge in [0.1, 0.15) is 4.47 Å². The Bertz CT molecular complexity index is 513. The van der Waals surface area contributed by atoms with Crippen molar-refractivity contribution < 1.29 is 4.79 Å². The number of halogens is 1. The number of aromatic nitrogens is 2. The first-order chi connectivity index (χ1) is 9.06. The first kappa shape index (κ1) is 15.4. The Balaban J connectivity index is 2.55.